The largest absolute Gasteiger partial charge is 0.504 e. The Morgan fingerprint density at radius 1 is 1.50 bits per heavy atom. The van der Waals surface area contributed by atoms with Gasteiger partial charge >= 0.3 is 0 Å². The Kier molecular flexibility index (Phi) is 5.45. The van der Waals surface area contributed by atoms with Crippen molar-refractivity contribution in [2.45, 2.75) is 13.5 Å². The van der Waals surface area contributed by atoms with Crippen molar-refractivity contribution in [3.63, 3.8) is 0 Å². The van der Waals surface area contributed by atoms with Crippen LogP contribution in [0, 0.1) is 0 Å². The van der Waals surface area contributed by atoms with Gasteiger partial charge in [0.2, 0.25) is 5.91 Å². The fraction of sp³-hybridized carbons (Fsp3) is 0.462. The second kappa shape index (κ2) is 6.86. The highest BCUT2D eigenvalue weighted by Crippen LogP contribution is 2.25. The maximum absolute atomic E-state index is 11.5. The number of phenolic OH excluding ortho intramolecular Hbond substituents is 1. The third-order valence-corrected chi connectivity index (χ3v) is 2.75. The number of carbonyl (C=O) groups excluding carboxylic acids is 1. The van der Waals surface area contributed by atoms with Crippen molar-refractivity contribution in [1.29, 1.82) is 0 Å². The van der Waals surface area contributed by atoms with Crippen LogP contribution < -0.4 is 10.1 Å². The van der Waals surface area contributed by atoms with E-state index < -0.39 is 0 Å². The van der Waals surface area contributed by atoms with Crippen LogP contribution in [-0.2, 0) is 11.3 Å². The van der Waals surface area contributed by atoms with Crippen LogP contribution in [-0.4, -0.2) is 43.2 Å². The van der Waals surface area contributed by atoms with Crippen molar-refractivity contribution < 1.29 is 14.6 Å². The normalized spacial score (nSPS) is 10.2. The lowest BCUT2D eigenvalue weighted by molar-refractivity contribution is -0.128. The number of ether oxygens (including phenoxy) is 1. The van der Waals surface area contributed by atoms with E-state index in [1.165, 1.54) is 7.11 Å². The third-order valence-electron chi connectivity index (χ3n) is 2.75. The van der Waals surface area contributed by atoms with Crippen LogP contribution in [0.2, 0.25) is 0 Å². The molecule has 1 aromatic rings. The average molecular weight is 252 g/mol. The summed E-state index contributed by atoms with van der Waals surface area (Å²) in [7, 11) is 3.28. The molecule has 0 aromatic heterocycles. The number of nitrogens with one attached hydrogen (secondary N) is 1. The van der Waals surface area contributed by atoms with E-state index in [9.17, 15) is 9.90 Å². The van der Waals surface area contributed by atoms with Crippen LogP contribution in [0.25, 0.3) is 0 Å². The number of hydrogen-bond donors (Lipinski definition) is 2. The summed E-state index contributed by atoms with van der Waals surface area (Å²) in [5.41, 5.74) is 0.955. The first-order valence-corrected chi connectivity index (χ1v) is 5.89. The number of phenols is 1. The first-order chi connectivity index (χ1) is 8.58. The van der Waals surface area contributed by atoms with E-state index in [0.29, 0.717) is 25.4 Å². The molecule has 0 unspecified atom stereocenters. The smallest absolute Gasteiger partial charge is 0.236 e. The third kappa shape index (κ3) is 3.92. The standard InChI is InChI=1S/C13H20N2O3/c1-4-15(2)13(17)9-14-8-10-5-6-11(16)12(7-10)18-3/h5-7,14,16H,4,8-9H2,1-3H3. The summed E-state index contributed by atoms with van der Waals surface area (Å²) in [4.78, 5) is 13.2. The summed E-state index contributed by atoms with van der Waals surface area (Å²) < 4.78 is 5.02. The van der Waals surface area contributed by atoms with Crippen molar-refractivity contribution in [3.05, 3.63) is 23.8 Å². The minimum atomic E-state index is 0.0586. The van der Waals surface area contributed by atoms with Crippen molar-refractivity contribution in [1.82, 2.24) is 10.2 Å². The van der Waals surface area contributed by atoms with Gasteiger partial charge in [-0.15, -0.1) is 0 Å². The molecule has 0 heterocycles. The molecule has 5 nitrogen and oxygen atoms in total. The molecule has 1 amide bonds. The van der Waals surface area contributed by atoms with Crippen molar-refractivity contribution >= 4 is 5.91 Å². The van der Waals surface area contributed by atoms with Gasteiger partial charge in [-0.1, -0.05) is 6.07 Å². The first-order valence-electron chi connectivity index (χ1n) is 5.89. The van der Waals surface area contributed by atoms with Crippen LogP contribution in [0.4, 0.5) is 0 Å². The maximum Gasteiger partial charge on any atom is 0.236 e. The summed E-state index contributed by atoms with van der Waals surface area (Å²) in [5.74, 6) is 0.609. The molecule has 0 aliphatic rings. The molecular formula is C13H20N2O3. The maximum atomic E-state index is 11.5. The van der Waals surface area contributed by atoms with Crippen LogP contribution >= 0.6 is 0 Å². The highest BCUT2D eigenvalue weighted by molar-refractivity contribution is 5.77. The zero-order valence-corrected chi connectivity index (χ0v) is 11.1. The van der Waals surface area contributed by atoms with E-state index in [0.717, 1.165) is 5.56 Å². The topological polar surface area (TPSA) is 61.8 Å². The van der Waals surface area contributed by atoms with Crippen molar-refractivity contribution in [2.24, 2.45) is 0 Å². The number of likely N-dealkylation sites (N-methyl/N-ethyl adjacent to an activating group) is 1. The molecule has 100 valence electrons. The molecule has 18 heavy (non-hydrogen) atoms. The molecule has 1 aromatic carbocycles. The Morgan fingerprint density at radius 3 is 2.83 bits per heavy atom. The Hall–Kier alpha value is -1.75. The summed E-state index contributed by atoms with van der Waals surface area (Å²) in [6.45, 7) is 3.49. The average Bonchev–Trinajstić information content (AvgIpc) is 2.39. The lowest BCUT2D eigenvalue weighted by atomic mass is 10.2. The molecule has 1 rings (SSSR count). The summed E-state index contributed by atoms with van der Waals surface area (Å²) in [6.07, 6.45) is 0. The SMILES string of the molecule is CCN(C)C(=O)CNCc1ccc(O)c(OC)c1. The molecule has 0 saturated heterocycles. The van der Waals surface area contributed by atoms with Crippen LogP contribution in [0.5, 0.6) is 11.5 Å². The molecule has 2 N–H and O–H groups in total. The van der Waals surface area contributed by atoms with Gasteiger partial charge in [0.05, 0.1) is 13.7 Å². The summed E-state index contributed by atoms with van der Waals surface area (Å²) >= 11 is 0. The lowest BCUT2D eigenvalue weighted by Gasteiger charge is -2.15. The van der Waals surface area contributed by atoms with Gasteiger partial charge in [0.25, 0.3) is 0 Å². The number of aromatic hydroxyl groups is 1. The monoisotopic (exact) mass is 252 g/mol. The van der Waals surface area contributed by atoms with E-state index in [2.05, 4.69) is 5.32 Å². The van der Waals surface area contributed by atoms with Crippen LogP contribution in [0.3, 0.4) is 0 Å². The van der Waals surface area contributed by atoms with Gasteiger partial charge < -0.3 is 20.1 Å². The van der Waals surface area contributed by atoms with Gasteiger partial charge in [0.1, 0.15) is 0 Å². The fourth-order valence-corrected chi connectivity index (χ4v) is 1.46. The molecule has 0 saturated carbocycles. The molecule has 0 atom stereocenters. The van der Waals surface area contributed by atoms with Gasteiger partial charge in [-0.3, -0.25) is 4.79 Å². The number of methoxy groups -OCH3 is 1. The van der Waals surface area contributed by atoms with Gasteiger partial charge in [0.15, 0.2) is 11.5 Å². The molecule has 0 aliphatic heterocycles. The molecular weight excluding hydrogens is 232 g/mol. The number of amides is 1. The zero-order valence-electron chi connectivity index (χ0n) is 11.1. The number of nitrogens with zero attached hydrogens (tertiary/aromatic N) is 1. The van der Waals surface area contributed by atoms with Crippen molar-refractivity contribution in [2.75, 3.05) is 27.2 Å². The molecule has 5 heteroatoms. The number of rotatable bonds is 6. The van der Waals surface area contributed by atoms with Crippen LogP contribution in [0.15, 0.2) is 18.2 Å². The molecule has 0 spiro atoms. The number of benzene rings is 1. The molecule has 0 aliphatic carbocycles. The van der Waals surface area contributed by atoms with Crippen LogP contribution in [0.1, 0.15) is 12.5 Å². The van der Waals surface area contributed by atoms with E-state index in [-0.39, 0.29) is 11.7 Å². The summed E-state index contributed by atoms with van der Waals surface area (Å²) in [6, 6.07) is 5.12. The Labute approximate surface area is 107 Å². The Morgan fingerprint density at radius 2 is 2.22 bits per heavy atom. The van der Waals surface area contributed by atoms with Gasteiger partial charge in [-0.25, -0.2) is 0 Å². The van der Waals surface area contributed by atoms with Gasteiger partial charge in [-0.2, -0.15) is 0 Å². The second-order valence-electron chi connectivity index (χ2n) is 4.02. The zero-order chi connectivity index (χ0) is 13.5. The predicted octanol–water partition coefficient (Wildman–Crippen LogP) is 0.969. The molecule has 0 radical (unpaired) electrons. The minimum Gasteiger partial charge on any atom is -0.504 e. The molecule has 0 bridgehead atoms. The van der Waals surface area contributed by atoms with Crippen molar-refractivity contribution in [3.8, 4) is 11.5 Å². The molecule has 0 fully saturated rings. The van der Waals surface area contributed by atoms with E-state index in [1.54, 1.807) is 30.1 Å². The summed E-state index contributed by atoms with van der Waals surface area (Å²) in [5, 5.41) is 12.5. The van der Waals surface area contributed by atoms with E-state index in [1.807, 2.05) is 6.92 Å². The minimum absolute atomic E-state index is 0.0586. The van der Waals surface area contributed by atoms with Gasteiger partial charge in [0, 0.05) is 20.1 Å². The highest BCUT2D eigenvalue weighted by Gasteiger charge is 2.06. The second-order valence-corrected chi connectivity index (χ2v) is 4.02. The van der Waals surface area contributed by atoms with E-state index in [4.69, 9.17) is 4.74 Å². The quantitative estimate of drug-likeness (QED) is 0.792. The fourth-order valence-electron chi connectivity index (χ4n) is 1.46. The number of carbonyl (C=O) groups is 1. The van der Waals surface area contributed by atoms with Gasteiger partial charge in [-0.05, 0) is 24.6 Å². The van der Waals surface area contributed by atoms with E-state index >= 15 is 0 Å². The highest BCUT2D eigenvalue weighted by atomic mass is 16.5. The Bertz CT molecular complexity index is 407. The predicted molar refractivity (Wildman–Crippen MR) is 69.7 cm³/mol. The lowest BCUT2D eigenvalue weighted by Crippen LogP contribution is -2.35. The first kappa shape index (κ1) is 14.3. The Balaban J connectivity index is 2.47. The number of hydrogen-bond acceptors (Lipinski definition) is 4.